The van der Waals surface area contributed by atoms with Gasteiger partial charge in [-0.2, -0.15) is 0 Å². The summed E-state index contributed by atoms with van der Waals surface area (Å²) in [5, 5.41) is 4.07. The van der Waals surface area contributed by atoms with Crippen LogP contribution in [0.25, 0.3) is 0 Å². The molecule has 3 aromatic carbocycles. The Balaban J connectivity index is 1.48. The van der Waals surface area contributed by atoms with Gasteiger partial charge in [-0.1, -0.05) is 29.8 Å². The third-order valence-electron chi connectivity index (χ3n) is 4.82. The Morgan fingerprint density at radius 2 is 1.65 bits per heavy atom. The Morgan fingerprint density at radius 1 is 0.935 bits per heavy atom. The molecule has 3 amide bonds. The van der Waals surface area contributed by atoms with E-state index in [2.05, 4.69) is 10.7 Å². The van der Waals surface area contributed by atoms with Crippen LogP contribution in [0.15, 0.2) is 72.8 Å². The maximum Gasteiger partial charge on any atom is 0.255 e. The molecule has 0 radical (unpaired) electrons. The van der Waals surface area contributed by atoms with Crippen LogP contribution in [0.2, 0.25) is 0 Å². The number of carbonyl (C=O) groups excluding carboxylic acids is 3. The van der Waals surface area contributed by atoms with Crippen molar-refractivity contribution in [3.05, 3.63) is 83.9 Å². The van der Waals surface area contributed by atoms with Gasteiger partial charge < -0.3 is 10.1 Å². The number of benzene rings is 3. The van der Waals surface area contributed by atoms with E-state index in [0.29, 0.717) is 28.4 Å². The molecule has 1 heterocycles. The molecule has 31 heavy (non-hydrogen) atoms. The molecular weight excluding hydrogens is 394 g/mol. The van der Waals surface area contributed by atoms with Gasteiger partial charge in [0.1, 0.15) is 5.75 Å². The van der Waals surface area contributed by atoms with Gasteiger partial charge in [0.25, 0.3) is 5.91 Å². The number of para-hydroxylation sites is 2. The van der Waals surface area contributed by atoms with Gasteiger partial charge in [-0.3, -0.25) is 19.8 Å². The highest BCUT2D eigenvalue weighted by Gasteiger charge is 2.24. The molecule has 0 atom stereocenters. The van der Waals surface area contributed by atoms with E-state index in [1.807, 2.05) is 43.3 Å². The molecule has 0 aliphatic carbocycles. The van der Waals surface area contributed by atoms with Crippen LogP contribution in [-0.4, -0.2) is 17.7 Å². The van der Waals surface area contributed by atoms with Crippen LogP contribution >= 0.6 is 0 Å². The maximum absolute atomic E-state index is 12.8. The number of hydrogen-bond donors (Lipinski definition) is 2. The Labute approximate surface area is 179 Å². The molecule has 0 unspecified atom stereocenters. The van der Waals surface area contributed by atoms with Gasteiger partial charge in [0, 0.05) is 18.4 Å². The van der Waals surface area contributed by atoms with Crippen molar-refractivity contribution < 1.29 is 19.1 Å². The van der Waals surface area contributed by atoms with E-state index >= 15 is 0 Å². The molecule has 0 saturated carbocycles. The topological polar surface area (TPSA) is 87.7 Å². The largest absolute Gasteiger partial charge is 0.455 e. The van der Waals surface area contributed by atoms with Crippen molar-refractivity contribution >= 4 is 29.1 Å². The molecule has 7 nitrogen and oxygen atoms in total. The van der Waals surface area contributed by atoms with E-state index in [9.17, 15) is 14.4 Å². The summed E-state index contributed by atoms with van der Waals surface area (Å²) in [6.45, 7) is 2.00. The van der Waals surface area contributed by atoms with Gasteiger partial charge in [-0.25, -0.2) is 5.01 Å². The predicted molar refractivity (Wildman–Crippen MR) is 117 cm³/mol. The van der Waals surface area contributed by atoms with Gasteiger partial charge in [-0.15, -0.1) is 0 Å². The third kappa shape index (κ3) is 4.72. The second-order valence-electron chi connectivity index (χ2n) is 7.18. The number of aryl methyl sites for hydroxylation is 1. The number of rotatable bonds is 5. The van der Waals surface area contributed by atoms with Gasteiger partial charge in [0.15, 0.2) is 5.75 Å². The van der Waals surface area contributed by atoms with Crippen molar-refractivity contribution in [2.45, 2.75) is 19.8 Å². The van der Waals surface area contributed by atoms with Crippen LogP contribution in [0.1, 0.15) is 28.8 Å². The molecule has 1 saturated heterocycles. The summed E-state index contributed by atoms with van der Waals surface area (Å²) in [7, 11) is 0. The Morgan fingerprint density at radius 3 is 2.39 bits per heavy atom. The minimum absolute atomic E-state index is 0.159. The quantitative estimate of drug-likeness (QED) is 0.654. The van der Waals surface area contributed by atoms with Crippen molar-refractivity contribution in [3.63, 3.8) is 0 Å². The lowest BCUT2D eigenvalue weighted by Crippen LogP contribution is -2.50. The Bertz CT molecular complexity index is 1120. The second-order valence-corrected chi connectivity index (χ2v) is 7.18. The third-order valence-corrected chi connectivity index (χ3v) is 4.82. The number of hydrazine groups is 1. The van der Waals surface area contributed by atoms with Crippen LogP contribution in [0.5, 0.6) is 11.5 Å². The van der Waals surface area contributed by atoms with Gasteiger partial charge in [0.05, 0.1) is 11.4 Å². The fraction of sp³-hybridized carbons (Fsp3) is 0.125. The first-order valence-electron chi connectivity index (χ1n) is 9.87. The van der Waals surface area contributed by atoms with E-state index in [0.717, 1.165) is 5.56 Å². The molecule has 7 heteroatoms. The SMILES string of the molecule is Cc1ccc(Oc2ccccc2NC(=O)c2ccc(N3NC(=O)CCC3=O)cc2)cc1. The number of nitrogens with zero attached hydrogens (tertiary/aromatic N) is 1. The van der Waals surface area contributed by atoms with Gasteiger partial charge in [0.2, 0.25) is 11.8 Å². The molecular formula is C24H21N3O4. The van der Waals surface area contributed by atoms with E-state index < -0.39 is 0 Å². The molecule has 1 fully saturated rings. The normalized spacial score (nSPS) is 13.5. The van der Waals surface area contributed by atoms with E-state index in [1.54, 1.807) is 36.4 Å². The minimum Gasteiger partial charge on any atom is -0.455 e. The summed E-state index contributed by atoms with van der Waals surface area (Å²) >= 11 is 0. The highest BCUT2D eigenvalue weighted by Crippen LogP contribution is 2.30. The lowest BCUT2D eigenvalue weighted by molar-refractivity contribution is -0.130. The fourth-order valence-corrected chi connectivity index (χ4v) is 3.13. The summed E-state index contributed by atoms with van der Waals surface area (Å²) in [4.78, 5) is 36.3. The monoisotopic (exact) mass is 415 g/mol. The molecule has 4 rings (SSSR count). The van der Waals surface area contributed by atoms with E-state index in [1.165, 1.54) is 5.01 Å². The lowest BCUT2D eigenvalue weighted by Gasteiger charge is -2.27. The first-order valence-corrected chi connectivity index (χ1v) is 9.87. The Hall–Kier alpha value is -4.13. The molecule has 0 aromatic heterocycles. The number of nitrogens with one attached hydrogen (secondary N) is 2. The summed E-state index contributed by atoms with van der Waals surface area (Å²) in [6, 6.07) is 21.3. The number of amides is 3. The molecule has 0 bridgehead atoms. The fourth-order valence-electron chi connectivity index (χ4n) is 3.13. The predicted octanol–water partition coefficient (Wildman–Crippen LogP) is 4.20. The summed E-state index contributed by atoms with van der Waals surface area (Å²) in [5.74, 6) is 0.467. The zero-order valence-corrected chi connectivity index (χ0v) is 16.9. The van der Waals surface area contributed by atoms with Gasteiger partial charge in [-0.05, 0) is 55.5 Å². The van der Waals surface area contributed by atoms with Crippen molar-refractivity contribution in [2.75, 3.05) is 10.3 Å². The number of carbonyl (C=O) groups is 3. The molecule has 2 N–H and O–H groups in total. The molecule has 1 aliphatic heterocycles. The average Bonchev–Trinajstić information content (AvgIpc) is 2.78. The van der Waals surface area contributed by atoms with Crippen molar-refractivity contribution in [2.24, 2.45) is 0 Å². The van der Waals surface area contributed by atoms with E-state index in [4.69, 9.17) is 4.74 Å². The smallest absolute Gasteiger partial charge is 0.255 e. The van der Waals surface area contributed by atoms with Crippen LogP contribution in [0, 0.1) is 6.92 Å². The van der Waals surface area contributed by atoms with Gasteiger partial charge >= 0.3 is 0 Å². The van der Waals surface area contributed by atoms with Crippen molar-refractivity contribution in [3.8, 4) is 11.5 Å². The lowest BCUT2D eigenvalue weighted by atomic mass is 10.1. The summed E-state index contributed by atoms with van der Waals surface area (Å²) in [6.07, 6.45) is 0.339. The van der Waals surface area contributed by atoms with E-state index in [-0.39, 0.29) is 30.6 Å². The first kappa shape index (κ1) is 20.2. The Kier molecular flexibility index (Phi) is 5.66. The number of anilines is 2. The molecule has 0 spiro atoms. The maximum atomic E-state index is 12.8. The standard InChI is InChI=1S/C24H21N3O4/c1-16-6-12-19(13-7-16)31-21-5-3-2-4-20(21)25-24(30)17-8-10-18(11-9-17)27-23(29)15-14-22(28)26-27/h2-13H,14-15H2,1H3,(H,25,30)(H,26,28). The zero-order chi connectivity index (χ0) is 21.8. The number of hydrogen-bond acceptors (Lipinski definition) is 4. The van der Waals surface area contributed by atoms with Crippen LogP contribution in [-0.2, 0) is 9.59 Å². The second kappa shape index (κ2) is 8.71. The highest BCUT2D eigenvalue weighted by molar-refractivity contribution is 6.06. The van der Waals surface area contributed by atoms with Crippen LogP contribution in [0.4, 0.5) is 11.4 Å². The van der Waals surface area contributed by atoms with Crippen molar-refractivity contribution in [1.82, 2.24) is 5.43 Å². The molecule has 156 valence electrons. The minimum atomic E-state index is -0.319. The van der Waals surface area contributed by atoms with Crippen LogP contribution < -0.4 is 20.5 Å². The zero-order valence-electron chi connectivity index (χ0n) is 16.9. The first-order chi connectivity index (χ1) is 15.0. The highest BCUT2D eigenvalue weighted by atomic mass is 16.5. The molecule has 3 aromatic rings. The van der Waals surface area contributed by atoms with Crippen molar-refractivity contribution in [1.29, 1.82) is 0 Å². The average molecular weight is 415 g/mol. The number of ether oxygens (including phenoxy) is 1. The summed E-state index contributed by atoms with van der Waals surface area (Å²) in [5.41, 5.74) is 5.10. The van der Waals surface area contributed by atoms with Crippen LogP contribution in [0.3, 0.4) is 0 Å². The summed E-state index contributed by atoms with van der Waals surface area (Å²) < 4.78 is 5.92. The molecule has 1 aliphatic rings.